The SMILES string of the molecule is Cc1nc(-c2ccccc2)sc1C(=O)C1=C(O)C(=O)N(Cc2cccc(C(F)(F)F)c2)C1c1cccnc1. The molecule has 0 fully saturated rings. The number of thiazole rings is 1. The first-order chi connectivity index (χ1) is 18.1. The summed E-state index contributed by atoms with van der Waals surface area (Å²) < 4.78 is 39.9. The Hall–Kier alpha value is -4.31. The van der Waals surface area contributed by atoms with E-state index in [1.54, 1.807) is 19.1 Å². The van der Waals surface area contributed by atoms with E-state index < -0.39 is 35.2 Å². The highest BCUT2D eigenvalue weighted by Gasteiger charge is 2.45. The molecule has 3 heterocycles. The molecule has 1 aliphatic heterocycles. The van der Waals surface area contributed by atoms with Crippen LogP contribution >= 0.6 is 11.3 Å². The van der Waals surface area contributed by atoms with Crippen LogP contribution in [0.4, 0.5) is 13.2 Å². The van der Waals surface area contributed by atoms with Gasteiger partial charge in [0.15, 0.2) is 5.76 Å². The Morgan fingerprint density at radius 3 is 2.53 bits per heavy atom. The van der Waals surface area contributed by atoms with Gasteiger partial charge in [0.05, 0.1) is 27.7 Å². The van der Waals surface area contributed by atoms with Gasteiger partial charge in [-0.3, -0.25) is 14.6 Å². The van der Waals surface area contributed by atoms with Crippen LogP contribution in [0.15, 0.2) is 90.5 Å². The molecule has 1 unspecified atom stereocenters. The van der Waals surface area contributed by atoms with Crippen LogP contribution in [0.2, 0.25) is 0 Å². The highest BCUT2D eigenvalue weighted by molar-refractivity contribution is 7.17. The summed E-state index contributed by atoms with van der Waals surface area (Å²) in [5, 5.41) is 11.5. The van der Waals surface area contributed by atoms with E-state index in [0.717, 1.165) is 29.0 Å². The number of hydrogen-bond donors (Lipinski definition) is 1. The van der Waals surface area contributed by atoms with Crippen molar-refractivity contribution in [2.24, 2.45) is 0 Å². The van der Waals surface area contributed by atoms with Gasteiger partial charge in [-0.15, -0.1) is 11.3 Å². The summed E-state index contributed by atoms with van der Waals surface area (Å²) in [6, 6.07) is 16.1. The molecular formula is C28H20F3N3O3S. The van der Waals surface area contributed by atoms with Crippen molar-refractivity contribution in [1.82, 2.24) is 14.9 Å². The van der Waals surface area contributed by atoms with Crippen LogP contribution in [0.1, 0.15) is 38.1 Å². The number of alkyl halides is 3. The van der Waals surface area contributed by atoms with Crippen LogP contribution in [0, 0.1) is 6.92 Å². The maximum absolute atomic E-state index is 13.8. The van der Waals surface area contributed by atoms with Crippen LogP contribution < -0.4 is 0 Å². The quantitative estimate of drug-likeness (QED) is 0.293. The third-order valence-corrected chi connectivity index (χ3v) is 7.38. The number of carbonyl (C=O) groups excluding carboxylic acids is 2. The average Bonchev–Trinajstić information content (AvgIpc) is 3.42. The highest BCUT2D eigenvalue weighted by atomic mass is 32.1. The first-order valence-electron chi connectivity index (χ1n) is 11.5. The number of pyridine rings is 1. The number of aliphatic hydroxyl groups excluding tert-OH is 1. The molecule has 0 radical (unpaired) electrons. The molecule has 1 amide bonds. The number of carbonyl (C=O) groups is 2. The lowest BCUT2D eigenvalue weighted by Gasteiger charge is -2.27. The third-order valence-electron chi connectivity index (χ3n) is 6.18. The molecule has 1 atom stereocenters. The number of amides is 1. The second kappa shape index (κ2) is 9.86. The first-order valence-corrected chi connectivity index (χ1v) is 12.3. The molecule has 0 spiro atoms. The van der Waals surface area contributed by atoms with Gasteiger partial charge in [0, 0.05) is 24.5 Å². The Labute approximate surface area is 219 Å². The largest absolute Gasteiger partial charge is 0.503 e. The lowest BCUT2D eigenvalue weighted by Crippen LogP contribution is -2.31. The fourth-order valence-corrected chi connectivity index (χ4v) is 5.44. The fraction of sp³-hybridized carbons (Fsp3) is 0.143. The number of benzene rings is 2. The van der Waals surface area contributed by atoms with Crippen LogP contribution in [-0.2, 0) is 17.5 Å². The zero-order valence-corrected chi connectivity index (χ0v) is 20.8. The monoisotopic (exact) mass is 535 g/mol. The third kappa shape index (κ3) is 4.70. The zero-order valence-electron chi connectivity index (χ0n) is 19.9. The van der Waals surface area contributed by atoms with Crippen molar-refractivity contribution in [2.75, 3.05) is 0 Å². The van der Waals surface area contributed by atoms with Crippen molar-refractivity contribution in [3.05, 3.63) is 118 Å². The number of hydrogen-bond acceptors (Lipinski definition) is 6. The minimum Gasteiger partial charge on any atom is -0.503 e. The number of aliphatic hydroxyl groups is 1. The highest BCUT2D eigenvalue weighted by Crippen LogP contribution is 2.42. The number of nitrogens with zero attached hydrogens (tertiary/aromatic N) is 3. The molecule has 0 aliphatic carbocycles. The summed E-state index contributed by atoms with van der Waals surface area (Å²) in [5.74, 6) is -2.18. The van der Waals surface area contributed by atoms with E-state index in [4.69, 9.17) is 0 Å². The van der Waals surface area contributed by atoms with E-state index in [1.165, 1.54) is 29.4 Å². The predicted molar refractivity (Wildman–Crippen MR) is 135 cm³/mol. The molecule has 0 bridgehead atoms. The van der Waals surface area contributed by atoms with Crippen molar-refractivity contribution >= 4 is 23.0 Å². The summed E-state index contributed by atoms with van der Waals surface area (Å²) in [6.45, 7) is 1.41. The number of rotatable bonds is 6. The van der Waals surface area contributed by atoms with Crippen LogP contribution in [0.3, 0.4) is 0 Å². The summed E-state index contributed by atoms with van der Waals surface area (Å²) in [5.41, 5.74) is 0.862. The van der Waals surface area contributed by atoms with Crippen LogP contribution in [0.5, 0.6) is 0 Å². The molecule has 1 N–H and O–H groups in total. The molecule has 192 valence electrons. The molecule has 4 aromatic rings. The maximum atomic E-state index is 13.8. The lowest BCUT2D eigenvalue weighted by atomic mass is 9.96. The molecule has 1 aliphatic rings. The van der Waals surface area contributed by atoms with E-state index >= 15 is 0 Å². The standard InChI is InChI=1S/C28H20F3N3O3S/c1-16-25(38-26(33-16)18-8-3-2-4-9-18)23(35)21-22(19-10-6-12-32-14-19)34(27(37)24(21)36)15-17-7-5-11-20(13-17)28(29,30)31/h2-14,22,36H,15H2,1H3. The minimum atomic E-state index is -4.56. The Balaban J connectivity index is 1.55. The number of aromatic nitrogens is 2. The molecule has 10 heteroatoms. The molecular weight excluding hydrogens is 515 g/mol. The van der Waals surface area contributed by atoms with E-state index in [1.807, 2.05) is 30.3 Å². The van der Waals surface area contributed by atoms with Gasteiger partial charge in [-0.25, -0.2) is 4.98 Å². The van der Waals surface area contributed by atoms with Crippen LogP contribution in [0.25, 0.3) is 10.6 Å². The molecule has 2 aromatic carbocycles. The van der Waals surface area contributed by atoms with E-state index in [-0.39, 0.29) is 22.6 Å². The number of Topliss-reactive ketones (excluding diaryl/α,β-unsaturated/α-hetero) is 1. The van der Waals surface area contributed by atoms with Crippen molar-refractivity contribution in [2.45, 2.75) is 25.7 Å². The Morgan fingerprint density at radius 2 is 1.84 bits per heavy atom. The van der Waals surface area contributed by atoms with Gasteiger partial charge >= 0.3 is 6.18 Å². The van der Waals surface area contributed by atoms with Gasteiger partial charge in [0.2, 0.25) is 5.78 Å². The number of aryl methyl sites for hydroxylation is 1. The molecule has 38 heavy (non-hydrogen) atoms. The van der Waals surface area contributed by atoms with E-state index in [0.29, 0.717) is 16.3 Å². The fourth-order valence-electron chi connectivity index (χ4n) is 4.41. The van der Waals surface area contributed by atoms with Crippen molar-refractivity contribution in [1.29, 1.82) is 0 Å². The van der Waals surface area contributed by atoms with Gasteiger partial charge in [-0.05, 0) is 36.2 Å². The molecule has 0 saturated carbocycles. The van der Waals surface area contributed by atoms with Crippen LogP contribution in [-0.4, -0.2) is 31.7 Å². The van der Waals surface area contributed by atoms with Crippen molar-refractivity contribution in [3.8, 4) is 10.6 Å². The number of halogens is 3. The van der Waals surface area contributed by atoms with E-state index in [9.17, 15) is 27.9 Å². The van der Waals surface area contributed by atoms with E-state index in [2.05, 4.69) is 9.97 Å². The predicted octanol–water partition coefficient (Wildman–Crippen LogP) is 6.31. The number of ketones is 1. The maximum Gasteiger partial charge on any atom is 0.416 e. The molecule has 0 saturated heterocycles. The van der Waals surface area contributed by atoms with Gasteiger partial charge in [0.1, 0.15) is 5.01 Å². The smallest absolute Gasteiger partial charge is 0.416 e. The Morgan fingerprint density at radius 1 is 1.08 bits per heavy atom. The van der Waals surface area contributed by atoms with Gasteiger partial charge in [0.25, 0.3) is 5.91 Å². The second-order valence-corrected chi connectivity index (χ2v) is 9.71. The minimum absolute atomic E-state index is 0.165. The normalized spacial score (nSPS) is 15.8. The Kier molecular flexibility index (Phi) is 6.58. The van der Waals surface area contributed by atoms with Crippen molar-refractivity contribution < 1.29 is 27.9 Å². The summed E-state index contributed by atoms with van der Waals surface area (Å²) in [6.07, 6.45) is -1.59. The Bertz CT molecular complexity index is 1550. The second-order valence-electron chi connectivity index (χ2n) is 8.71. The zero-order chi connectivity index (χ0) is 27.0. The van der Waals surface area contributed by atoms with Gasteiger partial charge in [-0.1, -0.05) is 48.5 Å². The lowest BCUT2D eigenvalue weighted by molar-refractivity contribution is -0.137. The summed E-state index contributed by atoms with van der Waals surface area (Å²) >= 11 is 1.14. The molecule has 2 aromatic heterocycles. The topological polar surface area (TPSA) is 83.4 Å². The van der Waals surface area contributed by atoms with Crippen molar-refractivity contribution in [3.63, 3.8) is 0 Å². The average molecular weight is 536 g/mol. The first kappa shape index (κ1) is 25.3. The van der Waals surface area contributed by atoms with Gasteiger partial charge in [-0.2, -0.15) is 13.2 Å². The molecule has 5 rings (SSSR count). The van der Waals surface area contributed by atoms with Gasteiger partial charge < -0.3 is 10.0 Å². The molecule has 6 nitrogen and oxygen atoms in total. The summed E-state index contributed by atoms with van der Waals surface area (Å²) in [7, 11) is 0. The summed E-state index contributed by atoms with van der Waals surface area (Å²) in [4.78, 5) is 37.1.